The molecule has 1 aliphatic rings. The monoisotopic (exact) mass is 410 g/mol. The van der Waals surface area contributed by atoms with Crippen LogP contribution in [0.3, 0.4) is 0 Å². The summed E-state index contributed by atoms with van der Waals surface area (Å²) in [7, 11) is 0. The van der Waals surface area contributed by atoms with Gasteiger partial charge in [-0.05, 0) is 18.2 Å². The predicted molar refractivity (Wildman–Crippen MR) is 112 cm³/mol. The van der Waals surface area contributed by atoms with E-state index in [4.69, 9.17) is 0 Å². The topological polar surface area (TPSA) is 78.4 Å². The number of amides is 1. The first-order valence-electron chi connectivity index (χ1n) is 9.98. The van der Waals surface area contributed by atoms with Gasteiger partial charge >= 0.3 is 5.69 Å². The standard InChI is InChI=1S/C22H23FN4O3/c23-18-7-3-1-5-16(18)15-25-11-13-26(14-12-25)20(28)9-10-27-19-8-4-2-6-17(19)21(29)24-22(27)30/h1-8H,9-15H2,(H,24,29,30). The van der Waals surface area contributed by atoms with Crippen molar-refractivity contribution in [3.8, 4) is 0 Å². The van der Waals surface area contributed by atoms with Crippen molar-refractivity contribution in [3.05, 3.63) is 80.7 Å². The zero-order valence-electron chi connectivity index (χ0n) is 16.5. The fourth-order valence-corrected chi connectivity index (χ4v) is 3.85. The molecule has 0 bridgehead atoms. The lowest BCUT2D eigenvalue weighted by Gasteiger charge is -2.35. The molecule has 0 radical (unpaired) electrons. The summed E-state index contributed by atoms with van der Waals surface area (Å²) in [4.78, 5) is 43.1. The highest BCUT2D eigenvalue weighted by atomic mass is 19.1. The molecule has 8 heteroatoms. The van der Waals surface area contributed by atoms with Crippen LogP contribution in [0.1, 0.15) is 12.0 Å². The molecule has 4 rings (SSSR count). The van der Waals surface area contributed by atoms with E-state index in [-0.39, 0.29) is 24.7 Å². The van der Waals surface area contributed by atoms with Gasteiger partial charge in [0, 0.05) is 51.3 Å². The Kier molecular flexibility index (Phi) is 5.76. The first-order chi connectivity index (χ1) is 14.5. The summed E-state index contributed by atoms with van der Waals surface area (Å²) >= 11 is 0. The van der Waals surface area contributed by atoms with Crippen molar-refractivity contribution in [2.24, 2.45) is 0 Å². The van der Waals surface area contributed by atoms with E-state index in [9.17, 15) is 18.8 Å². The van der Waals surface area contributed by atoms with Crippen LogP contribution in [0.5, 0.6) is 0 Å². The molecule has 7 nitrogen and oxygen atoms in total. The summed E-state index contributed by atoms with van der Waals surface area (Å²) in [5, 5.41) is 0.423. The van der Waals surface area contributed by atoms with Crippen molar-refractivity contribution in [1.29, 1.82) is 0 Å². The van der Waals surface area contributed by atoms with E-state index in [1.165, 1.54) is 10.6 Å². The number of hydrogen-bond acceptors (Lipinski definition) is 4. The van der Waals surface area contributed by atoms with Gasteiger partial charge in [-0.1, -0.05) is 30.3 Å². The maximum Gasteiger partial charge on any atom is 0.328 e. The molecule has 0 saturated carbocycles. The minimum Gasteiger partial charge on any atom is -0.340 e. The second kappa shape index (κ2) is 8.62. The zero-order valence-corrected chi connectivity index (χ0v) is 16.5. The van der Waals surface area contributed by atoms with Crippen LogP contribution in [0.25, 0.3) is 10.9 Å². The van der Waals surface area contributed by atoms with Gasteiger partial charge in [-0.15, -0.1) is 0 Å². The molecule has 0 aliphatic carbocycles. The molecule has 0 atom stereocenters. The van der Waals surface area contributed by atoms with Gasteiger partial charge in [0.1, 0.15) is 5.82 Å². The van der Waals surface area contributed by atoms with Crippen molar-refractivity contribution in [3.63, 3.8) is 0 Å². The molecular weight excluding hydrogens is 387 g/mol. The van der Waals surface area contributed by atoms with Crippen LogP contribution in [0, 0.1) is 5.82 Å². The Labute approximate surface area is 172 Å². The number of halogens is 1. The van der Waals surface area contributed by atoms with Crippen LogP contribution >= 0.6 is 0 Å². The molecule has 1 amide bonds. The molecule has 0 unspecified atom stereocenters. The van der Waals surface area contributed by atoms with Gasteiger partial charge in [-0.2, -0.15) is 0 Å². The van der Waals surface area contributed by atoms with Crippen LogP contribution in [-0.4, -0.2) is 51.4 Å². The highest BCUT2D eigenvalue weighted by Gasteiger charge is 2.22. The minimum absolute atomic E-state index is 0.0391. The second-order valence-electron chi connectivity index (χ2n) is 7.43. The van der Waals surface area contributed by atoms with E-state index in [1.54, 1.807) is 41.3 Å². The summed E-state index contributed by atoms with van der Waals surface area (Å²) in [6.07, 6.45) is 0.170. The fourth-order valence-electron chi connectivity index (χ4n) is 3.85. The molecule has 3 aromatic rings. The summed E-state index contributed by atoms with van der Waals surface area (Å²) < 4.78 is 15.3. The number of carbonyl (C=O) groups is 1. The number of fused-ring (bicyclic) bond motifs is 1. The number of carbonyl (C=O) groups excluding carboxylic acids is 1. The lowest BCUT2D eigenvalue weighted by molar-refractivity contribution is -0.133. The van der Waals surface area contributed by atoms with E-state index in [0.717, 1.165) is 0 Å². The Bertz CT molecular complexity index is 1180. The number of benzene rings is 2. The van der Waals surface area contributed by atoms with Gasteiger partial charge in [0.25, 0.3) is 5.56 Å². The molecule has 2 heterocycles. The van der Waals surface area contributed by atoms with Gasteiger partial charge in [-0.3, -0.25) is 24.0 Å². The molecule has 30 heavy (non-hydrogen) atoms. The number of para-hydroxylation sites is 1. The SMILES string of the molecule is O=C(CCn1c(=O)[nH]c(=O)c2ccccc21)N1CCN(Cc2ccccc2F)CC1. The maximum absolute atomic E-state index is 13.8. The van der Waals surface area contributed by atoms with Gasteiger partial charge in [0.05, 0.1) is 10.9 Å². The molecule has 1 N–H and O–H groups in total. The first-order valence-corrected chi connectivity index (χ1v) is 9.98. The van der Waals surface area contributed by atoms with E-state index in [2.05, 4.69) is 9.88 Å². The molecule has 2 aromatic carbocycles. The molecule has 1 fully saturated rings. The van der Waals surface area contributed by atoms with Crippen LogP contribution in [-0.2, 0) is 17.9 Å². The summed E-state index contributed by atoms with van der Waals surface area (Å²) in [6, 6.07) is 13.6. The van der Waals surface area contributed by atoms with Crippen molar-refractivity contribution in [2.75, 3.05) is 26.2 Å². The Hall–Kier alpha value is -3.26. The summed E-state index contributed by atoms with van der Waals surface area (Å²) in [5.41, 5.74) is 0.237. The Morgan fingerprint density at radius 1 is 0.967 bits per heavy atom. The quantitative estimate of drug-likeness (QED) is 0.693. The largest absolute Gasteiger partial charge is 0.340 e. The van der Waals surface area contributed by atoms with Crippen LogP contribution in [0.4, 0.5) is 4.39 Å². The number of nitrogens with one attached hydrogen (secondary N) is 1. The van der Waals surface area contributed by atoms with Gasteiger partial charge < -0.3 is 4.90 Å². The number of aromatic amines is 1. The van der Waals surface area contributed by atoms with Gasteiger partial charge in [-0.25, -0.2) is 9.18 Å². The third-order valence-corrected chi connectivity index (χ3v) is 5.53. The zero-order chi connectivity index (χ0) is 21.1. The Morgan fingerprint density at radius 3 is 2.43 bits per heavy atom. The molecule has 1 aromatic heterocycles. The van der Waals surface area contributed by atoms with E-state index in [0.29, 0.717) is 49.2 Å². The van der Waals surface area contributed by atoms with E-state index < -0.39 is 11.2 Å². The van der Waals surface area contributed by atoms with E-state index >= 15 is 0 Å². The van der Waals surface area contributed by atoms with Crippen molar-refractivity contribution in [1.82, 2.24) is 19.4 Å². The normalized spacial score (nSPS) is 14.9. The molecule has 156 valence electrons. The minimum atomic E-state index is -0.513. The molecule has 0 spiro atoms. The van der Waals surface area contributed by atoms with Crippen molar-refractivity contribution in [2.45, 2.75) is 19.5 Å². The Morgan fingerprint density at radius 2 is 1.67 bits per heavy atom. The summed E-state index contributed by atoms with van der Waals surface area (Å²) in [6.45, 7) is 3.18. The average molecular weight is 410 g/mol. The summed E-state index contributed by atoms with van der Waals surface area (Å²) in [5.74, 6) is -0.253. The van der Waals surface area contributed by atoms with Crippen LogP contribution in [0.2, 0.25) is 0 Å². The first kappa shape index (κ1) is 20.0. The van der Waals surface area contributed by atoms with Gasteiger partial charge in [0.15, 0.2) is 0 Å². The lowest BCUT2D eigenvalue weighted by Crippen LogP contribution is -2.48. The molecule has 1 aliphatic heterocycles. The highest BCUT2D eigenvalue weighted by Crippen LogP contribution is 2.13. The number of hydrogen-bond donors (Lipinski definition) is 1. The van der Waals surface area contributed by atoms with Crippen LogP contribution in [0.15, 0.2) is 58.1 Å². The van der Waals surface area contributed by atoms with Gasteiger partial charge in [0.2, 0.25) is 5.91 Å². The fraction of sp³-hybridized carbons (Fsp3) is 0.318. The van der Waals surface area contributed by atoms with E-state index in [1.807, 2.05) is 6.07 Å². The lowest BCUT2D eigenvalue weighted by atomic mass is 10.2. The number of aromatic nitrogens is 2. The van der Waals surface area contributed by atoms with Crippen LogP contribution < -0.4 is 11.2 Å². The number of H-pyrrole nitrogens is 1. The molecule has 1 saturated heterocycles. The average Bonchev–Trinajstić information content (AvgIpc) is 2.75. The predicted octanol–water partition coefficient (Wildman–Crippen LogP) is 1.56. The smallest absolute Gasteiger partial charge is 0.328 e. The molecular formula is C22H23FN4O3. The second-order valence-corrected chi connectivity index (χ2v) is 7.43. The maximum atomic E-state index is 13.8. The van der Waals surface area contributed by atoms with Crippen molar-refractivity contribution < 1.29 is 9.18 Å². The third kappa shape index (κ3) is 4.18. The number of piperazine rings is 1. The van der Waals surface area contributed by atoms with Crippen molar-refractivity contribution >= 4 is 16.8 Å². The third-order valence-electron chi connectivity index (χ3n) is 5.53. The number of aryl methyl sites for hydroxylation is 1. The number of rotatable bonds is 5. The Balaban J connectivity index is 1.36. The number of nitrogens with zero attached hydrogens (tertiary/aromatic N) is 3. The highest BCUT2D eigenvalue weighted by molar-refractivity contribution is 5.79.